The Balaban J connectivity index is 2.03. The SMILES string of the molecule is COC(=O)c1nc(NC(C)C2CCOC2)sc1C. The Bertz CT molecular complexity index is 427. The predicted octanol–water partition coefficient (Wildman–Crippen LogP) is 2.08. The molecule has 2 atom stereocenters. The number of nitrogens with one attached hydrogen (secondary N) is 1. The maximum atomic E-state index is 11.5. The molecule has 1 aromatic heterocycles. The minimum absolute atomic E-state index is 0.295. The summed E-state index contributed by atoms with van der Waals surface area (Å²) in [5, 5.41) is 4.11. The van der Waals surface area contributed by atoms with E-state index < -0.39 is 0 Å². The summed E-state index contributed by atoms with van der Waals surface area (Å²) >= 11 is 1.48. The molecule has 0 aliphatic carbocycles. The van der Waals surface area contributed by atoms with Crippen LogP contribution < -0.4 is 5.32 Å². The second-order valence-corrected chi connectivity index (χ2v) is 5.68. The zero-order valence-electron chi connectivity index (χ0n) is 10.9. The molecule has 0 aromatic carbocycles. The number of hydrogen-bond acceptors (Lipinski definition) is 6. The summed E-state index contributed by atoms with van der Waals surface area (Å²) in [4.78, 5) is 16.6. The van der Waals surface area contributed by atoms with Crippen LogP contribution in [-0.2, 0) is 9.47 Å². The molecular formula is C12H18N2O3S. The van der Waals surface area contributed by atoms with Crippen LogP contribution in [0.4, 0.5) is 5.13 Å². The van der Waals surface area contributed by atoms with Gasteiger partial charge >= 0.3 is 5.97 Å². The van der Waals surface area contributed by atoms with Crippen molar-refractivity contribution in [2.45, 2.75) is 26.3 Å². The van der Waals surface area contributed by atoms with Gasteiger partial charge in [0.05, 0.1) is 13.7 Å². The summed E-state index contributed by atoms with van der Waals surface area (Å²) < 4.78 is 10.1. The van der Waals surface area contributed by atoms with Crippen molar-refractivity contribution in [2.75, 3.05) is 25.6 Å². The topological polar surface area (TPSA) is 60.5 Å². The highest BCUT2D eigenvalue weighted by Crippen LogP contribution is 2.26. The summed E-state index contributed by atoms with van der Waals surface area (Å²) in [5.74, 6) is 0.129. The van der Waals surface area contributed by atoms with Crippen LogP contribution >= 0.6 is 11.3 Å². The molecule has 5 nitrogen and oxygen atoms in total. The molecule has 1 saturated heterocycles. The average Bonchev–Trinajstić information content (AvgIpc) is 2.97. The fourth-order valence-electron chi connectivity index (χ4n) is 2.00. The van der Waals surface area contributed by atoms with Crippen LogP contribution in [0.5, 0.6) is 0 Å². The Morgan fingerprint density at radius 1 is 1.67 bits per heavy atom. The van der Waals surface area contributed by atoms with Gasteiger partial charge in [0.2, 0.25) is 0 Å². The van der Waals surface area contributed by atoms with E-state index >= 15 is 0 Å². The number of anilines is 1. The molecule has 0 saturated carbocycles. The molecule has 6 heteroatoms. The van der Waals surface area contributed by atoms with E-state index in [1.165, 1.54) is 18.4 Å². The Morgan fingerprint density at radius 2 is 2.44 bits per heavy atom. The molecule has 0 radical (unpaired) electrons. The van der Waals surface area contributed by atoms with E-state index in [9.17, 15) is 4.79 Å². The first-order valence-corrected chi connectivity index (χ1v) is 6.83. The molecule has 2 rings (SSSR count). The van der Waals surface area contributed by atoms with Gasteiger partial charge in [0.15, 0.2) is 10.8 Å². The second kappa shape index (κ2) is 5.67. The highest BCUT2D eigenvalue weighted by atomic mass is 32.1. The molecule has 0 spiro atoms. The van der Waals surface area contributed by atoms with Crippen molar-refractivity contribution in [1.29, 1.82) is 0 Å². The average molecular weight is 270 g/mol. The number of thiazole rings is 1. The standard InChI is InChI=1S/C12H18N2O3S/c1-7(9-4-5-17-6-9)13-12-14-10(8(2)18-12)11(15)16-3/h7,9H,4-6H2,1-3H3,(H,13,14). The number of hydrogen-bond donors (Lipinski definition) is 1. The Hall–Kier alpha value is -1.14. The van der Waals surface area contributed by atoms with Gasteiger partial charge < -0.3 is 14.8 Å². The highest BCUT2D eigenvalue weighted by Gasteiger charge is 2.24. The fraction of sp³-hybridized carbons (Fsp3) is 0.667. The molecule has 2 unspecified atom stereocenters. The van der Waals surface area contributed by atoms with Gasteiger partial charge in [0, 0.05) is 23.4 Å². The lowest BCUT2D eigenvalue weighted by Gasteiger charge is -2.18. The van der Waals surface area contributed by atoms with Crippen LogP contribution in [0, 0.1) is 12.8 Å². The maximum absolute atomic E-state index is 11.5. The molecule has 0 bridgehead atoms. The van der Waals surface area contributed by atoms with E-state index in [0.717, 1.165) is 29.6 Å². The molecule has 1 aliphatic heterocycles. The summed E-state index contributed by atoms with van der Waals surface area (Å²) in [6.07, 6.45) is 1.07. The Kier molecular flexibility index (Phi) is 4.19. The zero-order chi connectivity index (χ0) is 13.1. The van der Waals surface area contributed by atoms with Gasteiger partial charge in [0.25, 0.3) is 0 Å². The summed E-state index contributed by atoms with van der Waals surface area (Å²) in [6.45, 7) is 5.62. The molecule has 0 amide bonds. The molecule has 1 fully saturated rings. The van der Waals surface area contributed by atoms with Gasteiger partial charge in [-0.05, 0) is 20.3 Å². The molecule has 100 valence electrons. The first kappa shape index (κ1) is 13.3. The molecule has 18 heavy (non-hydrogen) atoms. The lowest BCUT2D eigenvalue weighted by molar-refractivity contribution is 0.0594. The number of esters is 1. The number of carbonyl (C=O) groups is 1. The zero-order valence-corrected chi connectivity index (χ0v) is 11.7. The van der Waals surface area contributed by atoms with Gasteiger partial charge in [-0.1, -0.05) is 0 Å². The van der Waals surface area contributed by atoms with E-state index in [1.807, 2.05) is 6.92 Å². The van der Waals surface area contributed by atoms with Crippen LogP contribution in [0.25, 0.3) is 0 Å². The smallest absolute Gasteiger partial charge is 0.357 e. The van der Waals surface area contributed by atoms with Crippen LogP contribution in [-0.4, -0.2) is 37.3 Å². The molecule has 1 N–H and O–H groups in total. The van der Waals surface area contributed by atoms with E-state index in [2.05, 4.69) is 17.2 Å². The third-order valence-corrected chi connectivity index (χ3v) is 4.10. The summed E-state index contributed by atoms with van der Waals surface area (Å²) in [7, 11) is 1.37. The lowest BCUT2D eigenvalue weighted by atomic mass is 10.0. The second-order valence-electron chi connectivity index (χ2n) is 4.47. The number of methoxy groups -OCH3 is 1. The van der Waals surface area contributed by atoms with E-state index in [-0.39, 0.29) is 5.97 Å². The fourth-order valence-corrected chi connectivity index (χ4v) is 2.90. The molecule has 2 heterocycles. The summed E-state index contributed by atoms with van der Waals surface area (Å²) in [6, 6.07) is 0.295. The van der Waals surface area contributed by atoms with Gasteiger partial charge in [-0.15, -0.1) is 11.3 Å². The number of ether oxygens (including phenoxy) is 2. The minimum Gasteiger partial charge on any atom is -0.464 e. The minimum atomic E-state index is -0.381. The summed E-state index contributed by atoms with van der Waals surface area (Å²) in [5.41, 5.74) is 0.403. The lowest BCUT2D eigenvalue weighted by Crippen LogP contribution is -2.26. The number of aryl methyl sites for hydroxylation is 1. The number of carbonyl (C=O) groups excluding carboxylic acids is 1. The quantitative estimate of drug-likeness (QED) is 0.849. The van der Waals surface area contributed by atoms with Crippen molar-refractivity contribution in [3.05, 3.63) is 10.6 Å². The van der Waals surface area contributed by atoms with Gasteiger partial charge in [0.1, 0.15) is 0 Å². The third kappa shape index (κ3) is 2.81. The largest absolute Gasteiger partial charge is 0.464 e. The predicted molar refractivity (Wildman–Crippen MR) is 70.2 cm³/mol. The van der Waals surface area contributed by atoms with Crippen LogP contribution in [0.3, 0.4) is 0 Å². The van der Waals surface area contributed by atoms with E-state index in [0.29, 0.717) is 17.7 Å². The highest BCUT2D eigenvalue weighted by molar-refractivity contribution is 7.15. The van der Waals surface area contributed by atoms with E-state index in [1.54, 1.807) is 0 Å². The maximum Gasteiger partial charge on any atom is 0.357 e. The van der Waals surface area contributed by atoms with Gasteiger partial charge in [-0.3, -0.25) is 0 Å². The van der Waals surface area contributed by atoms with Crippen molar-refractivity contribution in [2.24, 2.45) is 5.92 Å². The first-order valence-electron chi connectivity index (χ1n) is 6.02. The molecular weight excluding hydrogens is 252 g/mol. The monoisotopic (exact) mass is 270 g/mol. The van der Waals surface area contributed by atoms with Crippen molar-refractivity contribution in [1.82, 2.24) is 4.98 Å². The van der Waals surface area contributed by atoms with Crippen molar-refractivity contribution in [3.8, 4) is 0 Å². The van der Waals surface area contributed by atoms with Crippen molar-refractivity contribution >= 4 is 22.4 Å². The molecule has 1 aromatic rings. The van der Waals surface area contributed by atoms with E-state index in [4.69, 9.17) is 9.47 Å². The number of aromatic nitrogens is 1. The van der Waals surface area contributed by atoms with Crippen molar-refractivity contribution < 1.29 is 14.3 Å². The van der Waals surface area contributed by atoms with Crippen LogP contribution in [0.15, 0.2) is 0 Å². The normalized spacial score (nSPS) is 20.7. The van der Waals surface area contributed by atoms with Gasteiger partial charge in [-0.25, -0.2) is 9.78 Å². The Labute approximate surface area is 111 Å². The first-order chi connectivity index (χ1) is 8.61. The van der Waals surface area contributed by atoms with Crippen LogP contribution in [0.2, 0.25) is 0 Å². The van der Waals surface area contributed by atoms with Gasteiger partial charge in [-0.2, -0.15) is 0 Å². The van der Waals surface area contributed by atoms with Crippen molar-refractivity contribution in [3.63, 3.8) is 0 Å². The Morgan fingerprint density at radius 3 is 3.06 bits per heavy atom. The third-order valence-electron chi connectivity index (χ3n) is 3.20. The van der Waals surface area contributed by atoms with Crippen LogP contribution in [0.1, 0.15) is 28.7 Å². The molecule has 1 aliphatic rings. The number of nitrogens with zero attached hydrogens (tertiary/aromatic N) is 1. The number of rotatable bonds is 4.